The lowest BCUT2D eigenvalue weighted by Gasteiger charge is -2.22. The van der Waals surface area contributed by atoms with E-state index in [-0.39, 0.29) is 0 Å². The van der Waals surface area contributed by atoms with Gasteiger partial charge in [0.1, 0.15) is 11.6 Å². The molecule has 0 spiro atoms. The summed E-state index contributed by atoms with van der Waals surface area (Å²) in [6, 6.07) is 1.67. The van der Waals surface area contributed by atoms with Crippen molar-refractivity contribution < 1.29 is 0 Å². The minimum absolute atomic E-state index is 0.345. The summed E-state index contributed by atoms with van der Waals surface area (Å²) in [5.41, 5.74) is 5.70. The SMILES string of the molecule is Nc1nc(N2CCCSCC2)c(Cl)cc1Cl. The Kier molecular flexibility index (Phi) is 4.05. The maximum Gasteiger partial charge on any atom is 0.149 e. The summed E-state index contributed by atoms with van der Waals surface area (Å²) in [4.78, 5) is 6.44. The van der Waals surface area contributed by atoms with E-state index >= 15 is 0 Å². The fourth-order valence-electron chi connectivity index (χ4n) is 1.65. The van der Waals surface area contributed by atoms with E-state index in [0.717, 1.165) is 31.1 Å². The summed E-state index contributed by atoms with van der Waals surface area (Å²) in [5, 5.41) is 0.990. The number of nitrogens with zero attached hydrogens (tertiary/aromatic N) is 2. The molecule has 0 amide bonds. The molecule has 0 unspecified atom stereocenters. The second-order valence-electron chi connectivity index (χ2n) is 3.61. The molecule has 1 aliphatic heterocycles. The summed E-state index contributed by atoms with van der Waals surface area (Å²) < 4.78 is 0. The molecule has 2 N–H and O–H groups in total. The van der Waals surface area contributed by atoms with E-state index in [1.54, 1.807) is 6.07 Å². The Hall–Kier alpha value is -0.320. The molecule has 1 aromatic rings. The molecule has 0 atom stereocenters. The molecule has 0 aliphatic carbocycles. The van der Waals surface area contributed by atoms with Gasteiger partial charge < -0.3 is 10.6 Å². The third-order valence-electron chi connectivity index (χ3n) is 2.46. The van der Waals surface area contributed by atoms with Crippen molar-refractivity contribution in [2.45, 2.75) is 6.42 Å². The van der Waals surface area contributed by atoms with E-state index in [9.17, 15) is 0 Å². The first-order chi connectivity index (χ1) is 7.68. The quantitative estimate of drug-likeness (QED) is 0.857. The molecule has 0 aromatic carbocycles. The van der Waals surface area contributed by atoms with Crippen molar-refractivity contribution in [3.8, 4) is 0 Å². The molecule has 0 saturated carbocycles. The van der Waals surface area contributed by atoms with Crippen LogP contribution in [0.25, 0.3) is 0 Å². The van der Waals surface area contributed by atoms with Crippen LogP contribution in [-0.2, 0) is 0 Å². The second kappa shape index (κ2) is 5.34. The molecule has 88 valence electrons. The van der Waals surface area contributed by atoms with Gasteiger partial charge in [0.05, 0.1) is 10.0 Å². The molecule has 0 radical (unpaired) electrons. The number of nitrogen functional groups attached to an aromatic ring is 1. The molecule has 1 fully saturated rings. The number of rotatable bonds is 1. The van der Waals surface area contributed by atoms with Gasteiger partial charge >= 0.3 is 0 Å². The van der Waals surface area contributed by atoms with Crippen LogP contribution in [0.1, 0.15) is 6.42 Å². The molecule has 1 aliphatic rings. The largest absolute Gasteiger partial charge is 0.382 e. The van der Waals surface area contributed by atoms with Gasteiger partial charge in [-0.25, -0.2) is 4.98 Å². The highest BCUT2D eigenvalue weighted by Crippen LogP contribution is 2.30. The van der Waals surface area contributed by atoms with Gasteiger partial charge in [0.15, 0.2) is 0 Å². The van der Waals surface area contributed by atoms with Crippen LogP contribution in [0.3, 0.4) is 0 Å². The summed E-state index contributed by atoms with van der Waals surface area (Å²) >= 11 is 14.0. The smallest absolute Gasteiger partial charge is 0.149 e. The highest BCUT2D eigenvalue weighted by molar-refractivity contribution is 7.99. The minimum atomic E-state index is 0.345. The zero-order chi connectivity index (χ0) is 11.5. The van der Waals surface area contributed by atoms with Crippen LogP contribution >= 0.6 is 35.0 Å². The standard InChI is InChI=1S/C10H13Cl2N3S/c11-7-6-8(12)10(14-9(7)13)15-2-1-4-16-5-3-15/h6H,1-5H2,(H2,13,14). The van der Waals surface area contributed by atoms with Gasteiger partial charge in [-0.1, -0.05) is 23.2 Å². The van der Waals surface area contributed by atoms with Crippen LogP contribution in [0.4, 0.5) is 11.6 Å². The van der Waals surface area contributed by atoms with E-state index in [4.69, 9.17) is 28.9 Å². The lowest BCUT2D eigenvalue weighted by atomic mass is 10.3. The van der Waals surface area contributed by atoms with Crippen molar-refractivity contribution in [1.82, 2.24) is 4.98 Å². The number of nitrogens with two attached hydrogens (primary N) is 1. The monoisotopic (exact) mass is 277 g/mol. The van der Waals surface area contributed by atoms with E-state index in [0.29, 0.717) is 15.9 Å². The lowest BCUT2D eigenvalue weighted by Crippen LogP contribution is -2.27. The predicted molar refractivity (Wildman–Crippen MR) is 72.8 cm³/mol. The van der Waals surface area contributed by atoms with Crippen LogP contribution < -0.4 is 10.6 Å². The fourth-order valence-corrected chi connectivity index (χ4v) is 3.02. The zero-order valence-corrected chi connectivity index (χ0v) is 11.1. The molecular formula is C10H13Cl2N3S. The van der Waals surface area contributed by atoms with Crippen LogP contribution in [-0.4, -0.2) is 29.6 Å². The summed E-state index contributed by atoms with van der Waals surface area (Å²) in [6.45, 7) is 1.93. The number of thioether (sulfide) groups is 1. The summed E-state index contributed by atoms with van der Waals surface area (Å²) in [7, 11) is 0. The van der Waals surface area contributed by atoms with E-state index in [2.05, 4.69) is 9.88 Å². The Balaban J connectivity index is 2.27. The second-order valence-corrected chi connectivity index (χ2v) is 5.65. The highest BCUT2D eigenvalue weighted by Gasteiger charge is 2.16. The van der Waals surface area contributed by atoms with Gasteiger partial charge in [-0.2, -0.15) is 11.8 Å². The molecule has 2 heterocycles. The predicted octanol–water partition coefficient (Wildman–Crippen LogP) is 2.91. The molecule has 1 saturated heterocycles. The fraction of sp³-hybridized carbons (Fsp3) is 0.500. The molecule has 3 nitrogen and oxygen atoms in total. The average molecular weight is 278 g/mol. The van der Waals surface area contributed by atoms with Crippen molar-refractivity contribution in [1.29, 1.82) is 0 Å². The number of anilines is 2. The number of halogens is 2. The molecule has 6 heteroatoms. The summed E-state index contributed by atoms with van der Waals surface area (Å²) in [5.74, 6) is 3.39. The van der Waals surface area contributed by atoms with E-state index in [1.807, 2.05) is 11.8 Å². The van der Waals surface area contributed by atoms with Crippen molar-refractivity contribution in [3.05, 3.63) is 16.1 Å². The number of hydrogen-bond acceptors (Lipinski definition) is 4. The van der Waals surface area contributed by atoms with Crippen LogP contribution in [0, 0.1) is 0 Å². The maximum atomic E-state index is 6.14. The van der Waals surface area contributed by atoms with Crippen molar-refractivity contribution >= 4 is 46.6 Å². The van der Waals surface area contributed by atoms with Crippen molar-refractivity contribution in [2.75, 3.05) is 35.2 Å². The lowest BCUT2D eigenvalue weighted by molar-refractivity contribution is 0.802. The topological polar surface area (TPSA) is 42.1 Å². The number of hydrogen-bond donors (Lipinski definition) is 1. The normalized spacial score (nSPS) is 17.2. The number of aromatic nitrogens is 1. The summed E-state index contributed by atoms with van der Waals surface area (Å²) in [6.07, 6.45) is 1.14. The van der Waals surface area contributed by atoms with Crippen LogP contribution in [0.15, 0.2) is 6.07 Å². The highest BCUT2D eigenvalue weighted by atomic mass is 35.5. The van der Waals surface area contributed by atoms with Gasteiger partial charge in [-0.05, 0) is 18.2 Å². The van der Waals surface area contributed by atoms with E-state index in [1.165, 1.54) is 5.75 Å². The first kappa shape index (κ1) is 12.1. The first-order valence-corrected chi connectivity index (χ1v) is 7.04. The molecule has 16 heavy (non-hydrogen) atoms. The van der Waals surface area contributed by atoms with Crippen LogP contribution in [0.5, 0.6) is 0 Å². The molecule has 2 rings (SSSR count). The molecular weight excluding hydrogens is 265 g/mol. The van der Waals surface area contributed by atoms with Crippen LogP contribution in [0.2, 0.25) is 10.0 Å². The Morgan fingerprint density at radius 2 is 2.06 bits per heavy atom. The van der Waals surface area contributed by atoms with Gasteiger partial charge in [0.25, 0.3) is 0 Å². The van der Waals surface area contributed by atoms with Gasteiger partial charge in [-0.3, -0.25) is 0 Å². The third-order valence-corrected chi connectivity index (χ3v) is 4.09. The average Bonchev–Trinajstić information content (AvgIpc) is 2.52. The van der Waals surface area contributed by atoms with E-state index < -0.39 is 0 Å². The van der Waals surface area contributed by atoms with Crippen molar-refractivity contribution in [3.63, 3.8) is 0 Å². The Morgan fingerprint density at radius 3 is 2.88 bits per heavy atom. The maximum absolute atomic E-state index is 6.14. The zero-order valence-electron chi connectivity index (χ0n) is 8.75. The Labute approximate surface area is 109 Å². The van der Waals surface area contributed by atoms with Crippen molar-refractivity contribution in [2.24, 2.45) is 0 Å². The van der Waals surface area contributed by atoms with Gasteiger partial charge in [0, 0.05) is 18.8 Å². The van der Waals surface area contributed by atoms with Gasteiger partial charge in [-0.15, -0.1) is 0 Å². The number of pyridine rings is 1. The Bertz CT molecular complexity index is 379. The molecule has 0 bridgehead atoms. The first-order valence-electron chi connectivity index (χ1n) is 5.12. The third kappa shape index (κ3) is 2.67. The minimum Gasteiger partial charge on any atom is -0.382 e. The Morgan fingerprint density at radius 1 is 1.25 bits per heavy atom. The molecule has 1 aromatic heterocycles. The van der Waals surface area contributed by atoms with Gasteiger partial charge in [0.2, 0.25) is 0 Å².